The van der Waals surface area contributed by atoms with Crippen molar-refractivity contribution >= 4 is 34.7 Å². The molecule has 0 bridgehead atoms. The van der Waals surface area contributed by atoms with E-state index in [1.54, 1.807) is 24.3 Å². The van der Waals surface area contributed by atoms with Gasteiger partial charge in [0.2, 0.25) is 12.0 Å². The van der Waals surface area contributed by atoms with Gasteiger partial charge < -0.3 is 13.9 Å². The predicted molar refractivity (Wildman–Crippen MR) is 94.2 cm³/mol. The number of fused-ring (bicyclic) bond motifs is 2. The summed E-state index contributed by atoms with van der Waals surface area (Å²) in [4.78, 5) is 28.5. The van der Waals surface area contributed by atoms with Crippen molar-refractivity contribution in [2.75, 3.05) is 12.4 Å². The number of carbonyl (C=O) groups is 2. The zero-order chi connectivity index (χ0) is 17.9. The van der Waals surface area contributed by atoms with E-state index in [4.69, 9.17) is 13.9 Å². The molecule has 0 saturated carbocycles. The third-order valence-electron chi connectivity index (χ3n) is 3.66. The number of imide groups is 1. The highest BCUT2D eigenvalue weighted by Gasteiger charge is 2.28. The lowest BCUT2D eigenvalue weighted by atomic mass is 10.2. The van der Waals surface area contributed by atoms with Crippen LogP contribution in [0.4, 0.5) is 0 Å². The van der Waals surface area contributed by atoms with Crippen LogP contribution < -0.4 is 14.8 Å². The molecular weight excluding hydrogens is 356 g/mol. The van der Waals surface area contributed by atoms with Crippen LogP contribution in [-0.4, -0.2) is 35.3 Å². The van der Waals surface area contributed by atoms with Gasteiger partial charge >= 0.3 is 0 Å². The van der Waals surface area contributed by atoms with Crippen LogP contribution in [0.1, 0.15) is 0 Å². The number of hydrogen-bond donors (Lipinski definition) is 1. The first-order valence-corrected chi connectivity index (χ1v) is 8.88. The molecule has 0 aliphatic carbocycles. The Hall–Kier alpha value is -3.00. The fourth-order valence-corrected chi connectivity index (χ4v) is 3.08. The lowest BCUT2D eigenvalue weighted by Crippen LogP contribution is -2.46. The van der Waals surface area contributed by atoms with Gasteiger partial charge in [0.15, 0.2) is 17.1 Å². The van der Waals surface area contributed by atoms with Crippen molar-refractivity contribution in [1.29, 1.82) is 0 Å². The summed E-state index contributed by atoms with van der Waals surface area (Å²) >= 11 is 1.12. The van der Waals surface area contributed by atoms with E-state index in [0.717, 1.165) is 17.3 Å². The number of benzene rings is 2. The number of ether oxygens (including phenoxy) is 2. The van der Waals surface area contributed by atoms with E-state index in [9.17, 15) is 9.59 Å². The molecule has 0 fully saturated rings. The zero-order valence-electron chi connectivity index (χ0n) is 13.5. The molecule has 0 saturated heterocycles. The fourth-order valence-electron chi connectivity index (χ4n) is 2.44. The van der Waals surface area contributed by atoms with E-state index < -0.39 is 17.9 Å². The number of aromatic nitrogens is 1. The third-order valence-corrected chi connectivity index (χ3v) is 4.49. The Morgan fingerprint density at radius 1 is 1.12 bits per heavy atom. The smallest absolute Gasteiger partial charge is 0.271 e. The van der Waals surface area contributed by atoms with Gasteiger partial charge in [-0.25, -0.2) is 4.98 Å². The van der Waals surface area contributed by atoms with Gasteiger partial charge in [0.1, 0.15) is 12.1 Å². The molecule has 0 radical (unpaired) electrons. The van der Waals surface area contributed by atoms with Crippen molar-refractivity contribution in [3.05, 3.63) is 48.5 Å². The second kappa shape index (κ2) is 7.09. The number of hydrogen-bond acceptors (Lipinski definition) is 7. The maximum Gasteiger partial charge on any atom is 0.271 e. The maximum atomic E-state index is 12.2. The SMILES string of the molecule is O=C(CSc1nc2ccccc2o1)NC(=O)[C@H]1COc2ccccc2O1. The first kappa shape index (κ1) is 16.5. The molecule has 26 heavy (non-hydrogen) atoms. The van der Waals surface area contributed by atoms with Crippen LogP contribution in [0.25, 0.3) is 11.1 Å². The molecule has 2 aromatic carbocycles. The number of para-hydroxylation sites is 4. The standard InChI is InChI=1S/C18H14N2O5S/c21-16(10-26-18-19-11-5-1-2-6-12(11)25-18)20-17(22)15-9-23-13-7-3-4-8-14(13)24-15/h1-8,15H,9-10H2,(H,20,21,22)/t15-/m1/s1. The molecular formula is C18H14N2O5S. The van der Waals surface area contributed by atoms with Crippen molar-refractivity contribution in [2.24, 2.45) is 0 Å². The summed E-state index contributed by atoms with van der Waals surface area (Å²) in [7, 11) is 0. The van der Waals surface area contributed by atoms with Crippen LogP contribution >= 0.6 is 11.8 Å². The highest BCUT2D eigenvalue weighted by atomic mass is 32.2. The number of rotatable bonds is 4. The molecule has 1 aromatic heterocycles. The van der Waals surface area contributed by atoms with Crippen molar-refractivity contribution in [3.8, 4) is 11.5 Å². The molecule has 3 aromatic rings. The van der Waals surface area contributed by atoms with Crippen molar-refractivity contribution < 1.29 is 23.5 Å². The molecule has 0 unspecified atom stereocenters. The van der Waals surface area contributed by atoms with Crippen LogP contribution in [0.2, 0.25) is 0 Å². The van der Waals surface area contributed by atoms with Crippen molar-refractivity contribution in [1.82, 2.24) is 10.3 Å². The topological polar surface area (TPSA) is 90.7 Å². The fraction of sp³-hybridized carbons (Fsp3) is 0.167. The van der Waals surface area contributed by atoms with E-state index in [-0.39, 0.29) is 12.4 Å². The summed E-state index contributed by atoms with van der Waals surface area (Å²) in [5, 5.41) is 2.69. The minimum Gasteiger partial charge on any atom is -0.485 e. The molecule has 2 heterocycles. The largest absolute Gasteiger partial charge is 0.485 e. The monoisotopic (exact) mass is 370 g/mol. The van der Waals surface area contributed by atoms with Crippen LogP contribution in [0.15, 0.2) is 58.2 Å². The Kier molecular flexibility index (Phi) is 4.49. The van der Waals surface area contributed by atoms with Gasteiger partial charge in [-0.1, -0.05) is 36.0 Å². The molecule has 1 aliphatic rings. The number of carbonyl (C=O) groups excluding carboxylic acids is 2. The first-order chi connectivity index (χ1) is 12.7. The van der Waals surface area contributed by atoms with Crippen LogP contribution in [0.5, 0.6) is 11.5 Å². The first-order valence-electron chi connectivity index (χ1n) is 7.89. The zero-order valence-corrected chi connectivity index (χ0v) is 14.3. The quantitative estimate of drug-likeness (QED) is 0.705. The van der Waals surface area contributed by atoms with Gasteiger partial charge in [0.05, 0.1) is 5.75 Å². The molecule has 1 aliphatic heterocycles. The minimum absolute atomic E-state index is 0.00270. The summed E-state index contributed by atoms with van der Waals surface area (Å²) < 4.78 is 16.6. The lowest BCUT2D eigenvalue weighted by molar-refractivity contribution is -0.135. The Morgan fingerprint density at radius 2 is 1.88 bits per heavy atom. The number of thioether (sulfide) groups is 1. The second-order valence-electron chi connectivity index (χ2n) is 5.51. The number of nitrogens with one attached hydrogen (secondary N) is 1. The molecule has 8 heteroatoms. The molecule has 4 rings (SSSR count). The van der Waals surface area contributed by atoms with Crippen molar-refractivity contribution in [2.45, 2.75) is 11.3 Å². The Balaban J connectivity index is 1.31. The minimum atomic E-state index is -0.872. The van der Waals surface area contributed by atoms with Gasteiger partial charge in [-0.3, -0.25) is 14.9 Å². The summed E-state index contributed by atoms with van der Waals surface area (Å²) in [6.07, 6.45) is -0.872. The summed E-state index contributed by atoms with van der Waals surface area (Å²) in [6.45, 7) is 0.0500. The van der Waals surface area contributed by atoms with E-state index in [1.807, 2.05) is 24.3 Å². The van der Waals surface area contributed by atoms with Crippen LogP contribution in [-0.2, 0) is 9.59 Å². The Labute approximate surface area is 152 Å². The van der Waals surface area contributed by atoms with Gasteiger partial charge in [-0.05, 0) is 24.3 Å². The number of amides is 2. The van der Waals surface area contributed by atoms with Gasteiger partial charge in [0.25, 0.3) is 11.1 Å². The maximum absolute atomic E-state index is 12.2. The number of oxazole rings is 1. The van der Waals surface area contributed by atoms with Crippen molar-refractivity contribution in [3.63, 3.8) is 0 Å². The Bertz CT molecular complexity index is 938. The lowest BCUT2D eigenvalue weighted by Gasteiger charge is -2.25. The molecule has 0 spiro atoms. The predicted octanol–water partition coefficient (Wildman–Crippen LogP) is 2.40. The highest BCUT2D eigenvalue weighted by molar-refractivity contribution is 7.99. The molecule has 1 N–H and O–H groups in total. The summed E-state index contributed by atoms with van der Waals surface area (Å²) in [6, 6.07) is 14.4. The van der Waals surface area contributed by atoms with E-state index in [2.05, 4.69) is 10.3 Å². The highest BCUT2D eigenvalue weighted by Crippen LogP contribution is 2.30. The normalized spacial score (nSPS) is 15.6. The van der Waals surface area contributed by atoms with Crippen LogP contribution in [0.3, 0.4) is 0 Å². The average molecular weight is 370 g/mol. The molecule has 2 amide bonds. The number of nitrogens with zero attached hydrogens (tertiary/aromatic N) is 1. The second-order valence-corrected chi connectivity index (χ2v) is 6.44. The van der Waals surface area contributed by atoms with Crippen LogP contribution in [0, 0.1) is 0 Å². The average Bonchev–Trinajstić information content (AvgIpc) is 3.09. The molecule has 132 valence electrons. The van der Waals surface area contributed by atoms with Gasteiger partial charge in [-0.15, -0.1) is 0 Å². The van der Waals surface area contributed by atoms with E-state index in [0.29, 0.717) is 22.3 Å². The summed E-state index contributed by atoms with van der Waals surface area (Å²) in [5.41, 5.74) is 1.37. The molecule has 1 atom stereocenters. The van der Waals surface area contributed by atoms with Gasteiger partial charge in [0, 0.05) is 0 Å². The Morgan fingerprint density at radius 3 is 2.73 bits per heavy atom. The summed E-state index contributed by atoms with van der Waals surface area (Å²) in [5.74, 6) is 0.0666. The van der Waals surface area contributed by atoms with E-state index in [1.165, 1.54) is 0 Å². The van der Waals surface area contributed by atoms with Gasteiger partial charge in [-0.2, -0.15) is 0 Å². The van der Waals surface area contributed by atoms with E-state index >= 15 is 0 Å². The third kappa shape index (κ3) is 3.50. The molecule has 7 nitrogen and oxygen atoms in total.